The van der Waals surface area contributed by atoms with Crippen LogP contribution in [0.5, 0.6) is 0 Å². The molecule has 7 heteroatoms. The number of amides is 1. The molecule has 0 aromatic heterocycles. The molecule has 1 fully saturated rings. The molecule has 1 aromatic carbocycles. The Balaban J connectivity index is 0.000000321. The second-order valence-electron chi connectivity index (χ2n) is 7.10. The third kappa shape index (κ3) is 7.04. The topological polar surface area (TPSA) is 96.1 Å². The molecule has 1 atom stereocenters. The van der Waals surface area contributed by atoms with E-state index in [1.54, 1.807) is 0 Å². The Hall–Kier alpha value is -2.70. The molecule has 0 aliphatic carbocycles. The highest BCUT2D eigenvalue weighted by Crippen LogP contribution is 2.20. The Bertz CT molecular complexity index is 623. The first-order valence-electron chi connectivity index (χ1n) is 8.49. The molecule has 1 saturated heterocycles. The maximum Gasteiger partial charge on any atom is 0.407 e. The van der Waals surface area contributed by atoms with Gasteiger partial charge in [0.05, 0.1) is 0 Å². The van der Waals surface area contributed by atoms with Crippen molar-refractivity contribution >= 4 is 23.4 Å². The van der Waals surface area contributed by atoms with Gasteiger partial charge in [0.25, 0.3) is 0 Å². The first-order chi connectivity index (χ1) is 12.0. The number of carbonyl (C=O) groups excluding carboxylic acids is 1. The van der Waals surface area contributed by atoms with Crippen LogP contribution in [0.2, 0.25) is 0 Å². The highest BCUT2D eigenvalue weighted by molar-refractivity contribution is 5.81. The number of carbonyl (C=O) groups is 2. The molecule has 1 heterocycles. The van der Waals surface area contributed by atoms with Gasteiger partial charge in [-0.05, 0) is 52.0 Å². The van der Waals surface area contributed by atoms with Crippen molar-refractivity contribution in [2.75, 3.05) is 30.3 Å². The number of nitrogens with two attached hydrogens (primary N) is 1. The first-order valence-corrected chi connectivity index (χ1v) is 8.49. The molecule has 0 saturated carbocycles. The van der Waals surface area contributed by atoms with Crippen LogP contribution in [-0.4, -0.2) is 53.3 Å². The number of esters is 1. The number of nitrogens with zero attached hydrogens (tertiary/aromatic N) is 2. The smallest absolute Gasteiger partial charge is 0.407 e. The fourth-order valence-electron chi connectivity index (χ4n) is 2.50. The molecule has 0 spiro atoms. The molecule has 0 radical (unpaired) electrons. The van der Waals surface area contributed by atoms with Crippen molar-refractivity contribution in [3.63, 3.8) is 0 Å². The number of carboxylic acid groups (broad SMARTS) is 1. The summed E-state index contributed by atoms with van der Waals surface area (Å²) in [5.41, 5.74) is 7.08. The van der Waals surface area contributed by atoms with Gasteiger partial charge in [-0.15, -0.1) is 0 Å². The van der Waals surface area contributed by atoms with E-state index in [-0.39, 0.29) is 12.0 Å². The van der Waals surface area contributed by atoms with Crippen LogP contribution >= 0.6 is 0 Å². The molecule has 144 valence electrons. The number of nitrogen functional groups attached to an aromatic ring is 1. The molecular weight excluding hydrogens is 334 g/mol. The second-order valence-corrected chi connectivity index (χ2v) is 7.10. The van der Waals surface area contributed by atoms with Crippen LogP contribution in [-0.2, 0) is 9.53 Å². The number of anilines is 2. The predicted molar refractivity (Wildman–Crippen MR) is 103 cm³/mol. The molecule has 0 bridgehead atoms. The summed E-state index contributed by atoms with van der Waals surface area (Å²) in [7, 11) is 0. The van der Waals surface area contributed by atoms with Gasteiger partial charge < -0.3 is 25.4 Å². The van der Waals surface area contributed by atoms with E-state index in [2.05, 4.69) is 11.5 Å². The largest absolute Gasteiger partial charge is 0.465 e. The fourth-order valence-corrected chi connectivity index (χ4v) is 2.50. The van der Waals surface area contributed by atoms with Gasteiger partial charge in [0.1, 0.15) is 5.60 Å². The maximum absolute atomic E-state index is 10.9. The second kappa shape index (κ2) is 9.12. The average Bonchev–Trinajstić information content (AvgIpc) is 2.54. The van der Waals surface area contributed by atoms with Crippen molar-refractivity contribution in [1.29, 1.82) is 0 Å². The van der Waals surface area contributed by atoms with E-state index in [9.17, 15) is 9.59 Å². The molecule has 2 rings (SSSR count). The van der Waals surface area contributed by atoms with Gasteiger partial charge in [-0.2, -0.15) is 0 Å². The van der Waals surface area contributed by atoms with Crippen LogP contribution in [0.4, 0.5) is 16.2 Å². The third-order valence-corrected chi connectivity index (χ3v) is 3.70. The predicted octanol–water partition coefficient (Wildman–Crippen LogP) is 2.97. The number of ether oxygens (including phenoxy) is 1. The zero-order valence-corrected chi connectivity index (χ0v) is 15.9. The summed E-state index contributed by atoms with van der Waals surface area (Å²) in [6.07, 6.45) is 0.320. The number of rotatable bonds is 2. The van der Waals surface area contributed by atoms with E-state index in [4.69, 9.17) is 15.6 Å². The quantitative estimate of drug-likeness (QED) is 0.476. The van der Waals surface area contributed by atoms with E-state index >= 15 is 0 Å². The van der Waals surface area contributed by atoms with Crippen molar-refractivity contribution in [2.45, 2.75) is 39.3 Å². The lowest BCUT2D eigenvalue weighted by Gasteiger charge is -2.39. The molecule has 3 N–H and O–H groups in total. The van der Waals surface area contributed by atoms with Crippen LogP contribution < -0.4 is 10.6 Å². The lowest BCUT2D eigenvalue weighted by molar-refractivity contribution is -0.148. The Kier molecular flexibility index (Phi) is 7.49. The molecule has 0 unspecified atom stereocenters. The van der Waals surface area contributed by atoms with Gasteiger partial charge in [-0.3, -0.25) is 0 Å². The van der Waals surface area contributed by atoms with E-state index in [0.29, 0.717) is 6.54 Å². The average molecular weight is 363 g/mol. The third-order valence-electron chi connectivity index (χ3n) is 3.70. The Morgan fingerprint density at radius 2 is 1.85 bits per heavy atom. The van der Waals surface area contributed by atoms with Crippen LogP contribution in [0.15, 0.2) is 36.9 Å². The Labute approximate surface area is 155 Å². The number of piperazine rings is 1. The van der Waals surface area contributed by atoms with E-state index in [0.717, 1.165) is 30.5 Å². The van der Waals surface area contributed by atoms with Gasteiger partial charge in [0.2, 0.25) is 0 Å². The zero-order valence-electron chi connectivity index (χ0n) is 15.9. The van der Waals surface area contributed by atoms with E-state index < -0.39 is 11.7 Å². The Morgan fingerprint density at radius 3 is 2.23 bits per heavy atom. The van der Waals surface area contributed by atoms with E-state index in [1.807, 2.05) is 52.0 Å². The summed E-state index contributed by atoms with van der Waals surface area (Å²) in [5, 5.41) is 8.99. The first kappa shape index (κ1) is 21.3. The van der Waals surface area contributed by atoms with Crippen LogP contribution in [0.1, 0.15) is 27.7 Å². The van der Waals surface area contributed by atoms with Gasteiger partial charge >= 0.3 is 12.1 Å². The van der Waals surface area contributed by atoms with Crippen molar-refractivity contribution in [1.82, 2.24) is 4.90 Å². The summed E-state index contributed by atoms with van der Waals surface area (Å²) >= 11 is 0. The monoisotopic (exact) mass is 363 g/mol. The van der Waals surface area contributed by atoms with Crippen LogP contribution in [0.25, 0.3) is 0 Å². The highest BCUT2D eigenvalue weighted by Gasteiger charge is 2.26. The summed E-state index contributed by atoms with van der Waals surface area (Å²) in [6.45, 7) is 12.6. The zero-order chi connectivity index (χ0) is 19.9. The minimum Gasteiger partial charge on any atom is -0.465 e. The number of benzene rings is 1. The Morgan fingerprint density at radius 1 is 1.27 bits per heavy atom. The van der Waals surface area contributed by atoms with Gasteiger partial charge in [0.15, 0.2) is 0 Å². The number of hydrogen-bond donors (Lipinski definition) is 2. The maximum atomic E-state index is 10.9. The highest BCUT2D eigenvalue weighted by atomic mass is 16.6. The van der Waals surface area contributed by atoms with Gasteiger partial charge in [-0.1, -0.05) is 6.58 Å². The molecule has 26 heavy (non-hydrogen) atoms. The summed E-state index contributed by atoms with van der Waals surface area (Å²) < 4.78 is 4.83. The van der Waals surface area contributed by atoms with Crippen molar-refractivity contribution in [3.8, 4) is 0 Å². The summed E-state index contributed by atoms with van der Waals surface area (Å²) in [6, 6.07) is 7.68. The lowest BCUT2D eigenvalue weighted by Crippen LogP contribution is -2.53. The van der Waals surface area contributed by atoms with Crippen molar-refractivity contribution in [2.24, 2.45) is 0 Å². The minimum atomic E-state index is -0.838. The molecule has 1 aliphatic heterocycles. The van der Waals surface area contributed by atoms with Crippen LogP contribution in [0, 0.1) is 0 Å². The van der Waals surface area contributed by atoms with Gasteiger partial charge in [0, 0.05) is 43.1 Å². The standard InChI is InChI=1S/C12H17N3O2.C7H12O2/c1-9-8-14(6-7-15(9)12(16)17)11-4-2-10(13)3-5-11;1-5-6(8)9-7(2,3)4/h2-5,9H,6-8,13H2,1H3,(H,16,17);5H,1H2,2-4H3/t9-;/m1./s1. The summed E-state index contributed by atoms with van der Waals surface area (Å²) in [5.74, 6) is -0.373. The number of hydrogen-bond acceptors (Lipinski definition) is 5. The normalized spacial score (nSPS) is 17.0. The van der Waals surface area contributed by atoms with Crippen molar-refractivity contribution < 1.29 is 19.4 Å². The molecule has 1 amide bonds. The summed E-state index contributed by atoms with van der Waals surface area (Å²) in [4.78, 5) is 25.1. The fraction of sp³-hybridized carbons (Fsp3) is 0.474. The van der Waals surface area contributed by atoms with Gasteiger partial charge in [-0.25, -0.2) is 9.59 Å². The molecule has 7 nitrogen and oxygen atoms in total. The molecule has 1 aliphatic rings. The SMILES string of the molecule is C=CC(=O)OC(C)(C)C.C[C@@H]1CN(c2ccc(N)cc2)CCN1C(=O)O. The minimum absolute atomic E-state index is 0.0128. The lowest BCUT2D eigenvalue weighted by atomic mass is 10.1. The molecular formula is C19H29N3O4. The van der Waals surface area contributed by atoms with Crippen molar-refractivity contribution in [3.05, 3.63) is 36.9 Å². The van der Waals surface area contributed by atoms with E-state index in [1.165, 1.54) is 4.90 Å². The molecule has 1 aromatic rings. The van der Waals surface area contributed by atoms with Crippen LogP contribution in [0.3, 0.4) is 0 Å².